The second kappa shape index (κ2) is 5.55. The lowest BCUT2D eigenvalue weighted by atomic mass is 10.1. The maximum atomic E-state index is 12.0. The molecule has 4 nitrogen and oxygen atoms in total. The molecule has 0 unspecified atom stereocenters. The molecule has 0 saturated heterocycles. The van der Waals surface area contributed by atoms with Crippen LogP contribution in [0.4, 0.5) is 13.2 Å². The van der Waals surface area contributed by atoms with Gasteiger partial charge in [0.1, 0.15) is 0 Å². The number of amides is 1. The molecule has 1 amide bonds. The van der Waals surface area contributed by atoms with E-state index in [1.165, 1.54) is 18.2 Å². The fourth-order valence-corrected chi connectivity index (χ4v) is 1.65. The summed E-state index contributed by atoms with van der Waals surface area (Å²) in [4.78, 5) is 21.3. The van der Waals surface area contributed by atoms with Crippen molar-refractivity contribution in [2.45, 2.75) is 12.7 Å². The molecule has 2 N–H and O–H groups in total. The maximum Gasteiger partial charge on any atom is 0.471 e. The van der Waals surface area contributed by atoms with Crippen molar-refractivity contribution in [2.75, 3.05) is 0 Å². The van der Waals surface area contributed by atoms with Crippen LogP contribution < -0.4 is 5.32 Å². The number of hydrogen-bond donors (Lipinski definition) is 2. The molecule has 1 aromatic rings. The zero-order chi connectivity index (χ0) is 13.9. The van der Waals surface area contributed by atoms with Gasteiger partial charge in [0, 0.05) is 10.1 Å². The van der Waals surface area contributed by atoms with Gasteiger partial charge in [-0.2, -0.15) is 13.2 Å². The number of nitrogens with one attached hydrogen (secondary N) is 1. The maximum absolute atomic E-state index is 12.0. The molecule has 0 aliphatic carbocycles. The lowest BCUT2D eigenvalue weighted by Gasteiger charge is -2.09. The van der Waals surface area contributed by atoms with E-state index in [2.05, 4.69) is 0 Å². The van der Waals surface area contributed by atoms with Gasteiger partial charge in [-0.05, 0) is 46.4 Å². The van der Waals surface area contributed by atoms with E-state index in [1.807, 2.05) is 22.6 Å². The molecule has 1 aromatic carbocycles. The van der Waals surface area contributed by atoms with Gasteiger partial charge in [0.25, 0.3) is 0 Å². The quantitative estimate of drug-likeness (QED) is 0.799. The summed E-state index contributed by atoms with van der Waals surface area (Å²) in [7, 11) is 0. The van der Waals surface area contributed by atoms with E-state index in [-0.39, 0.29) is 12.1 Å². The number of halogens is 4. The Morgan fingerprint density at radius 1 is 1.33 bits per heavy atom. The third-order valence-electron chi connectivity index (χ3n) is 1.99. The van der Waals surface area contributed by atoms with Crippen molar-refractivity contribution in [3.63, 3.8) is 0 Å². The molecular formula is C10H7F3INO3. The highest BCUT2D eigenvalue weighted by Gasteiger charge is 2.38. The number of rotatable bonds is 3. The van der Waals surface area contributed by atoms with Crippen LogP contribution in [0.3, 0.4) is 0 Å². The van der Waals surface area contributed by atoms with E-state index in [0.717, 1.165) is 0 Å². The minimum absolute atomic E-state index is 0.0494. The summed E-state index contributed by atoms with van der Waals surface area (Å²) >= 11 is 1.84. The van der Waals surface area contributed by atoms with E-state index in [4.69, 9.17) is 5.11 Å². The Hall–Kier alpha value is -1.32. The van der Waals surface area contributed by atoms with Crippen molar-refractivity contribution in [3.8, 4) is 0 Å². The van der Waals surface area contributed by atoms with E-state index in [9.17, 15) is 22.8 Å². The third-order valence-corrected chi connectivity index (χ3v) is 3.04. The predicted molar refractivity (Wildman–Crippen MR) is 64.0 cm³/mol. The summed E-state index contributed by atoms with van der Waals surface area (Å²) in [6, 6.07) is 4.01. The monoisotopic (exact) mass is 373 g/mol. The van der Waals surface area contributed by atoms with Gasteiger partial charge in [0.05, 0.1) is 5.56 Å². The van der Waals surface area contributed by atoms with Gasteiger partial charge >= 0.3 is 18.1 Å². The van der Waals surface area contributed by atoms with Gasteiger partial charge in [-0.15, -0.1) is 0 Å². The molecule has 8 heteroatoms. The van der Waals surface area contributed by atoms with Gasteiger partial charge in [-0.1, -0.05) is 0 Å². The summed E-state index contributed by atoms with van der Waals surface area (Å²) in [5.74, 6) is -3.24. The van der Waals surface area contributed by atoms with Crippen LogP contribution in [0.5, 0.6) is 0 Å². The molecular weight excluding hydrogens is 366 g/mol. The summed E-state index contributed by atoms with van der Waals surface area (Å²) in [5, 5.41) is 10.4. The summed E-state index contributed by atoms with van der Waals surface area (Å²) in [5.41, 5.74) is 0.264. The first kappa shape index (κ1) is 14.7. The molecule has 0 aliphatic rings. The Bertz CT molecular complexity index is 488. The van der Waals surface area contributed by atoms with Crippen LogP contribution in [0.1, 0.15) is 15.9 Å². The summed E-state index contributed by atoms with van der Waals surface area (Å²) < 4.78 is 36.4. The number of alkyl halides is 3. The van der Waals surface area contributed by atoms with Crippen molar-refractivity contribution in [3.05, 3.63) is 32.9 Å². The highest BCUT2D eigenvalue weighted by molar-refractivity contribution is 14.1. The minimum atomic E-state index is -4.95. The first-order valence-electron chi connectivity index (χ1n) is 4.58. The summed E-state index contributed by atoms with van der Waals surface area (Å²) in [6.45, 7) is -0.377. The van der Waals surface area contributed by atoms with Crippen LogP contribution >= 0.6 is 22.6 Å². The van der Waals surface area contributed by atoms with Gasteiger partial charge in [-0.3, -0.25) is 4.79 Å². The third kappa shape index (κ3) is 3.86. The molecule has 0 atom stereocenters. The predicted octanol–water partition coefficient (Wildman–Crippen LogP) is 2.17. The van der Waals surface area contributed by atoms with Crippen LogP contribution in [0.15, 0.2) is 18.2 Å². The molecule has 0 aliphatic heterocycles. The topological polar surface area (TPSA) is 66.4 Å². The van der Waals surface area contributed by atoms with E-state index in [1.54, 1.807) is 5.32 Å². The molecule has 0 heterocycles. The van der Waals surface area contributed by atoms with Crippen molar-refractivity contribution in [1.29, 1.82) is 0 Å². The number of carbonyl (C=O) groups is 2. The first-order valence-corrected chi connectivity index (χ1v) is 5.66. The Kier molecular flexibility index (Phi) is 4.54. The molecule has 0 bridgehead atoms. The Morgan fingerprint density at radius 2 is 1.94 bits per heavy atom. The van der Waals surface area contributed by atoms with Crippen molar-refractivity contribution < 1.29 is 27.9 Å². The molecule has 0 aromatic heterocycles. The zero-order valence-corrected chi connectivity index (χ0v) is 10.9. The largest absolute Gasteiger partial charge is 0.478 e. The second-order valence-electron chi connectivity index (χ2n) is 3.29. The number of carboxylic acids is 1. The van der Waals surface area contributed by atoms with E-state index >= 15 is 0 Å². The average molecular weight is 373 g/mol. The van der Waals surface area contributed by atoms with Crippen molar-refractivity contribution in [1.82, 2.24) is 5.32 Å². The molecule has 1 rings (SSSR count). The van der Waals surface area contributed by atoms with Crippen LogP contribution in [-0.2, 0) is 11.3 Å². The van der Waals surface area contributed by atoms with E-state index in [0.29, 0.717) is 9.13 Å². The second-order valence-corrected chi connectivity index (χ2v) is 4.45. The molecule has 0 saturated carbocycles. The number of carbonyl (C=O) groups excluding carboxylic acids is 1. The molecule has 0 spiro atoms. The van der Waals surface area contributed by atoms with Gasteiger partial charge in [0.2, 0.25) is 0 Å². The molecule has 0 fully saturated rings. The highest BCUT2D eigenvalue weighted by Crippen LogP contribution is 2.17. The molecule has 18 heavy (non-hydrogen) atoms. The average Bonchev–Trinajstić information content (AvgIpc) is 2.25. The van der Waals surface area contributed by atoms with E-state index < -0.39 is 18.1 Å². The Balaban J connectivity index is 2.82. The van der Waals surface area contributed by atoms with Gasteiger partial charge in [-0.25, -0.2) is 4.79 Å². The highest BCUT2D eigenvalue weighted by atomic mass is 127. The van der Waals surface area contributed by atoms with Crippen LogP contribution in [-0.4, -0.2) is 23.2 Å². The molecule has 0 radical (unpaired) electrons. The normalized spacial score (nSPS) is 11.1. The van der Waals surface area contributed by atoms with Crippen LogP contribution in [0.2, 0.25) is 0 Å². The molecule has 98 valence electrons. The Morgan fingerprint density at radius 3 is 2.44 bits per heavy atom. The van der Waals surface area contributed by atoms with Gasteiger partial charge in [0.15, 0.2) is 0 Å². The fraction of sp³-hybridized carbons (Fsp3) is 0.200. The number of aromatic carboxylic acids is 1. The zero-order valence-electron chi connectivity index (χ0n) is 8.71. The van der Waals surface area contributed by atoms with Crippen molar-refractivity contribution in [2.24, 2.45) is 0 Å². The fourth-order valence-electron chi connectivity index (χ4n) is 1.12. The lowest BCUT2D eigenvalue weighted by molar-refractivity contribution is -0.173. The number of carboxylic acid groups (broad SMARTS) is 1. The Labute approximate surface area is 113 Å². The smallest absolute Gasteiger partial charge is 0.471 e. The van der Waals surface area contributed by atoms with Crippen molar-refractivity contribution >= 4 is 34.5 Å². The standard InChI is InChI=1S/C10H7F3INO3/c11-10(12,13)9(18)15-4-6-3-5(8(16)17)1-2-7(6)14/h1-3H,4H2,(H,15,18)(H,16,17). The first-order chi connectivity index (χ1) is 8.21. The SMILES string of the molecule is O=C(O)c1ccc(I)c(CNC(=O)C(F)(F)F)c1. The van der Waals surface area contributed by atoms with Crippen LogP contribution in [0, 0.1) is 3.57 Å². The van der Waals surface area contributed by atoms with Crippen LogP contribution in [0.25, 0.3) is 0 Å². The number of hydrogen-bond acceptors (Lipinski definition) is 2. The van der Waals surface area contributed by atoms with Gasteiger partial charge < -0.3 is 10.4 Å². The summed E-state index contributed by atoms with van der Waals surface area (Å²) in [6.07, 6.45) is -4.95. The minimum Gasteiger partial charge on any atom is -0.478 e. The number of benzene rings is 1. The lowest BCUT2D eigenvalue weighted by Crippen LogP contribution is -2.36.